The van der Waals surface area contributed by atoms with Crippen LogP contribution in [0.2, 0.25) is 0 Å². The zero-order valence-corrected chi connectivity index (χ0v) is 17.5. The van der Waals surface area contributed by atoms with Gasteiger partial charge in [-0.05, 0) is 63.1 Å². The van der Waals surface area contributed by atoms with Gasteiger partial charge in [0.25, 0.3) is 0 Å². The summed E-state index contributed by atoms with van der Waals surface area (Å²) in [5, 5.41) is 3.54. The Morgan fingerprint density at radius 1 is 1.07 bits per heavy atom. The lowest BCUT2D eigenvalue weighted by Crippen LogP contribution is -2.40. The summed E-state index contributed by atoms with van der Waals surface area (Å²) in [6.45, 7) is 8.98. The van der Waals surface area contributed by atoms with Crippen molar-refractivity contribution < 1.29 is 0 Å². The summed E-state index contributed by atoms with van der Waals surface area (Å²) >= 11 is 1.99. The first-order valence-electron chi connectivity index (χ1n) is 10.8. The lowest BCUT2D eigenvalue weighted by Gasteiger charge is -2.22. The lowest BCUT2D eigenvalue weighted by atomic mass is 10.1. The van der Waals surface area contributed by atoms with Crippen LogP contribution in [-0.4, -0.2) is 66.8 Å². The molecule has 4 nitrogen and oxygen atoms in total. The summed E-state index contributed by atoms with van der Waals surface area (Å²) in [5.41, 5.74) is 0. The number of hydrogen-bond acceptors (Lipinski definition) is 3. The molecule has 0 amide bonds. The number of hydrogen-bond donors (Lipinski definition) is 1. The van der Waals surface area contributed by atoms with Crippen LogP contribution >= 0.6 is 11.8 Å². The molecule has 2 aliphatic heterocycles. The molecule has 3 aliphatic rings. The quantitative estimate of drug-likeness (QED) is 0.441. The molecule has 4 rings (SSSR count). The SMILES string of the molecule is CCNC(=NCC1CCN(C2CC2)C1)N1CCC(CSc2ccccc2)C1. The maximum absolute atomic E-state index is 5.04. The van der Waals surface area contributed by atoms with Crippen LogP contribution in [-0.2, 0) is 0 Å². The van der Waals surface area contributed by atoms with Gasteiger partial charge in [0.05, 0.1) is 0 Å². The van der Waals surface area contributed by atoms with Crippen LogP contribution in [0.4, 0.5) is 0 Å². The molecule has 0 spiro atoms. The van der Waals surface area contributed by atoms with Gasteiger partial charge in [-0.25, -0.2) is 0 Å². The van der Waals surface area contributed by atoms with Gasteiger partial charge in [0.2, 0.25) is 0 Å². The van der Waals surface area contributed by atoms with Gasteiger partial charge in [0.1, 0.15) is 0 Å². The van der Waals surface area contributed by atoms with Crippen molar-refractivity contribution in [3.05, 3.63) is 30.3 Å². The van der Waals surface area contributed by atoms with Crippen molar-refractivity contribution in [1.82, 2.24) is 15.1 Å². The number of rotatable bonds is 7. The number of likely N-dealkylation sites (tertiary alicyclic amines) is 2. The monoisotopic (exact) mass is 386 g/mol. The lowest BCUT2D eigenvalue weighted by molar-refractivity contribution is 0.315. The third kappa shape index (κ3) is 5.41. The predicted octanol–water partition coefficient (Wildman–Crippen LogP) is 3.55. The van der Waals surface area contributed by atoms with Crippen LogP contribution in [0.25, 0.3) is 0 Å². The largest absolute Gasteiger partial charge is 0.357 e. The van der Waals surface area contributed by atoms with Crippen molar-refractivity contribution in [3.63, 3.8) is 0 Å². The topological polar surface area (TPSA) is 30.9 Å². The molecular weight excluding hydrogens is 352 g/mol. The molecule has 1 aromatic carbocycles. The highest BCUT2D eigenvalue weighted by Gasteiger charge is 2.34. The molecular formula is C22H34N4S. The van der Waals surface area contributed by atoms with Crippen LogP contribution in [0.15, 0.2) is 40.2 Å². The Labute approximate surface area is 168 Å². The van der Waals surface area contributed by atoms with Gasteiger partial charge in [-0.2, -0.15) is 0 Å². The van der Waals surface area contributed by atoms with Crippen LogP contribution < -0.4 is 5.32 Å². The summed E-state index contributed by atoms with van der Waals surface area (Å²) in [7, 11) is 0. The zero-order valence-electron chi connectivity index (χ0n) is 16.6. The highest BCUT2D eigenvalue weighted by Crippen LogP contribution is 2.32. The van der Waals surface area contributed by atoms with Gasteiger partial charge >= 0.3 is 0 Å². The molecule has 0 aromatic heterocycles. The molecule has 1 N–H and O–H groups in total. The fourth-order valence-electron chi connectivity index (χ4n) is 4.32. The third-order valence-corrected chi connectivity index (χ3v) is 7.27. The maximum atomic E-state index is 5.04. The van der Waals surface area contributed by atoms with Crippen molar-refractivity contribution in [3.8, 4) is 0 Å². The van der Waals surface area contributed by atoms with Gasteiger partial charge in [-0.1, -0.05) is 18.2 Å². The summed E-state index contributed by atoms with van der Waals surface area (Å²) in [6, 6.07) is 11.7. The Hall–Kier alpha value is -1.20. The van der Waals surface area contributed by atoms with Crippen LogP contribution in [0, 0.1) is 11.8 Å². The minimum atomic E-state index is 0.756. The summed E-state index contributed by atoms with van der Waals surface area (Å²) < 4.78 is 0. The second-order valence-electron chi connectivity index (χ2n) is 8.30. The van der Waals surface area contributed by atoms with E-state index in [0.717, 1.165) is 50.0 Å². The fourth-order valence-corrected chi connectivity index (χ4v) is 5.37. The molecule has 5 heteroatoms. The van der Waals surface area contributed by atoms with Crippen molar-refractivity contribution in [2.75, 3.05) is 45.0 Å². The first kappa shape index (κ1) is 19.1. The Morgan fingerprint density at radius 2 is 1.89 bits per heavy atom. The van der Waals surface area contributed by atoms with Gasteiger partial charge in [-0.3, -0.25) is 4.99 Å². The molecule has 2 unspecified atom stereocenters. The number of thioether (sulfide) groups is 1. The molecule has 2 atom stereocenters. The molecule has 1 saturated carbocycles. The van der Waals surface area contributed by atoms with E-state index in [1.54, 1.807) is 0 Å². The number of guanidine groups is 1. The van der Waals surface area contributed by atoms with Crippen LogP contribution in [0.3, 0.4) is 0 Å². The molecule has 0 radical (unpaired) electrons. The highest BCUT2D eigenvalue weighted by atomic mass is 32.2. The highest BCUT2D eigenvalue weighted by molar-refractivity contribution is 7.99. The first-order valence-corrected chi connectivity index (χ1v) is 11.8. The molecule has 27 heavy (non-hydrogen) atoms. The minimum Gasteiger partial charge on any atom is -0.357 e. The number of nitrogens with one attached hydrogen (secondary N) is 1. The van der Waals surface area contributed by atoms with E-state index in [9.17, 15) is 0 Å². The van der Waals surface area contributed by atoms with E-state index in [4.69, 9.17) is 4.99 Å². The Bertz CT molecular complexity index is 616. The van der Waals surface area contributed by atoms with Crippen molar-refractivity contribution in [2.24, 2.45) is 16.8 Å². The van der Waals surface area contributed by atoms with Gasteiger partial charge in [0, 0.05) is 49.4 Å². The van der Waals surface area contributed by atoms with Crippen molar-refractivity contribution in [1.29, 1.82) is 0 Å². The standard InChI is InChI=1S/C22H34N4S/c1-2-23-22(24-14-18-10-12-25(15-18)20-8-9-20)26-13-11-19(16-26)17-27-21-6-4-3-5-7-21/h3-7,18-20H,2,8-17H2,1H3,(H,23,24). The molecule has 148 valence electrons. The van der Waals surface area contributed by atoms with E-state index in [1.807, 2.05) is 11.8 Å². The molecule has 0 bridgehead atoms. The fraction of sp³-hybridized carbons (Fsp3) is 0.682. The smallest absolute Gasteiger partial charge is 0.193 e. The number of nitrogens with zero attached hydrogens (tertiary/aromatic N) is 3. The Morgan fingerprint density at radius 3 is 2.67 bits per heavy atom. The number of benzene rings is 1. The van der Waals surface area contributed by atoms with Crippen molar-refractivity contribution >= 4 is 17.7 Å². The van der Waals surface area contributed by atoms with E-state index in [-0.39, 0.29) is 0 Å². The van der Waals surface area contributed by atoms with Gasteiger partial charge in [0.15, 0.2) is 5.96 Å². The average Bonchev–Trinajstić information content (AvgIpc) is 3.26. The Balaban J connectivity index is 1.25. The van der Waals surface area contributed by atoms with Crippen molar-refractivity contribution in [2.45, 2.75) is 43.5 Å². The van der Waals surface area contributed by atoms with Gasteiger partial charge in [-0.15, -0.1) is 11.8 Å². The summed E-state index contributed by atoms with van der Waals surface area (Å²) in [4.78, 5) is 11.6. The molecule has 1 aliphatic carbocycles. The van der Waals surface area contributed by atoms with E-state index < -0.39 is 0 Å². The van der Waals surface area contributed by atoms with E-state index in [2.05, 4.69) is 52.4 Å². The van der Waals surface area contributed by atoms with Gasteiger partial charge < -0.3 is 15.1 Å². The van der Waals surface area contributed by atoms with E-state index >= 15 is 0 Å². The second kappa shape index (κ2) is 9.33. The third-order valence-electron chi connectivity index (χ3n) is 6.03. The first-order chi connectivity index (χ1) is 13.3. The molecule has 1 aromatic rings. The Kier molecular flexibility index (Phi) is 6.61. The average molecular weight is 387 g/mol. The molecule has 2 heterocycles. The summed E-state index contributed by atoms with van der Waals surface area (Å²) in [5.74, 6) is 3.87. The second-order valence-corrected chi connectivity index (χ2v) is 9.39. The van der Waals surface area contributed by atoms with E-state index in [0.29, 0.717) is 0 Å². The minimum absolute atomic E-state index is 0.756. The maximum Gasteiger partial charge on any atom is 0.193 e. The molecule has 2 saturated heterocycles. The normalized spacial score (nSPS) is 26.7. The zero-order chi connectivity index (χ0) is 18.5. The number of aliphatic imine (C=N–C) groups is 1. The summed E-state index contributed by atoms with van der Waals surface area (Å²) in [6.07, 6.45) is 5.46. The van der Waals surface area contributed by atoms with Crippen LogP contribution in [0.5, 0.6) is 0 Å². The van der Waals surface area contributed by atoms with E-state index in [1.165, 1.54) is 49.4 Å². The van der Waals surface area contributed by atoms with Crippen LogP contribution in [0.1, 0.15) is 32.6 Å². The molecule has 3 fully saturated rings. The predicted molar refractivity (Wildman–Crippen MR) is 116 cm³/mol.